The summed E-state index contributed by atoms with van der Waals surface area (Å²) in [6.45, 7) is 0. The molecule has 0 fully saturated rings. The van der Waals surface area contributed by atoms with Crippen LogP contribution in [0.2, 0.25) is 0 Å². The molecule has 13 heavy (non-hydrogen) atoms. The fourth-order valence-electron chi connectivity index (χ4n) is 1.72. The molecule has 0 aromatic heterocycles. The van der Waals surface area contributed by atoms with E-state index in [2.05, 4.69) is 6.07 Å². The van der Waals surface area contributed by atoms with Gasteiger partial charge in [0.15, 0.2) is 6.23 Å². The van der Waals surface area contributed by atoms with Crippen molar-refractivity contribution in [3.8, 4) is 0 Å². The van der Waals surface area contributed by atoms with E-state index in [1.54, 1.807) is 19.3 Å². The normalized spacial score (nSPS) is 20.5. The largest absolute Gasteiger partial charge is 0.359 e. The van der Waals surface area contributed by atoms with Gasteiger partial charge in [-0.3, -0.25) is 4.84 Å². The first-order chi connectivity index (χ1) is 6.36. The van der Waals surface area contributed by atoms with Gasteiger partial charge in [-0.15, -0.1) is 0 Å². The third-order valence-corrected chi connectivity index (χ3v) is 2.35. The molecule has 0 radical (unpaired) electrons. The van der Waals surface area contributed by atoms with E-state index in [9.17, 15) is 0 Å². The summed E-state index contributed by atoms with van der Waals surface area (Å²) in [4.78, 5) is 5.25. The zero-order valence-electron chi connectivity index (χ0n) is 7.86. The zero-order valence-corrected chi connectivity index (χ0v) is 7.86. The highest BCUT2D eigenvalue weighted by Gasteiger charge is 2.28. The van der Waals surface area contributed by atoms with Crippen LogP contribution in [-0.2, 0) is 16.0 Å². The van der Waals surface area contributed by atoms with Crippen molar-refractivity contribution in [3.63, 3.8) is 0 Å². The van der Waals surface area contributed by atoms with Crippen molar-refractivity contribution in [1.82, 2.24) is 0 Å². The number of hydrogen-bond donors (Lipinski definition) is 0. The molecule has 0 saturated carbocycles. The summed E-state index contributed by atoms with van der Waals surface area (Å²) >= 11 is 0. The van der Waals surface area contributed by atoms with Crippen LogP contribution >= 0.6 is 0 Å². The SMILES string of the molecule is COC1Cc2ccccc2N1OC. The van der Waals surface area contributed by atoms with Crippen molar-refractivity contribution in [1.29, 1.82) is 0 Å². The number of hydroxylamine groups is 1. The average molecular weight is 179 g/mol. The fourth-order valence-corrected chi connectivity index (χ4v) is 1.72. The van der Waals surface area contributed by atoms with Gasteiger partial charge in [-0.2, -0.15) is 0 Å². The standard InChI is InChI=1S/C10H13NO2/c1-12-10-7-8-5-3-4-6-9(8)11(10)13-2/h3-6,10H,7H2,1-2H3. The highest BCUT2D eigenvalue weighted by Crippen LogP contribution is 2.31. The Morgan fingerprint density at radius 2 is 2.08 bits per heavy atom. The number of hydrogen-bond acceptors (Lipinski definition) is 3. The van der Waals surface area contributed by atoms with Gasteiger partial charge in [0.2, 0.25) is 0 Å². The third kappa shape index (κ3) is 1.30. The molecule has 0 spiro atoms. The monoisotopic (exact) mass is 179 g/mol. The molecule has 2 rings (SSSR count). The Balaban J connectivity index is 2.34. The lowest BCUT2D eigenvalue weighted by atomic mass is 10.2. The van der Waals surface area contributed by atoms with Gasteiger partial charge in [0.1, 0.15) is 0 Å². The van der Waals surface area contributed by atoms with Crippen molar-refractivity contribution >= 4 is 5.69 Å². The number of anilines is 1. The maximum Gasteiger partial charge on any atom is 0.158 e. The minimum Gasteiger partial charge on any atom is -0.359 e. The number of nitrogens with zero attached hydrogens (tertiary/aromatic N) is 1. The van der Waals surface area contributed by atoms with Crippen LogP contribution in [-0.4, -0.2) is 20.4 Å². The molecule has 70 valence electrons. The van der Waals surface area contributed by atoms with E-state index < -0.39 is 0 Å². The van der Waals surface area contributed by atoms with E-state index in [0.717, 1.165) is 12.1 Å². The molecular formula is C10H13NO2. The lowest BCUT2D eigenvalue weighted by Crippen LogP contribution is -2.32. The minimum absolute atomic E-state index is 0.0161. The maximum atomic E-state index is 5.30. The Morgan fingerprint density at radius 1 is 1.31 bits per heavy atom. The Bertz CT molecular complexity index is 301. The van der Waals surface area contributed by atoms with Gasteiger partial charge < -0.3 is 4.74 Å². The van der Waals surface area contributed by atoms with Gasteiger partial charge in [-0.25, -0.2) is 5.06 Å². The molecular weight excluding hydrogens is 166 g/mol. The van der Waals surface area contributed by atoms with Crippen LogP contribution in [0.15, 0.2) is 24.3 Å². The van der Waals surface area contributed by atoms with Crippen molar-refractivity contribution in [2.75, 3.05) is 19.3 Å². The molecule has 0 bridgehead atoms. The second kappa shape index (κ2) is 3.36. The predicted octanol–water partition coefficient (Wildman–Crippen LogP) is 1.58. The number of fused-ring (bicyclic) bond motifs is 1. The van der Waals surface area contributed by atoms with E-state index in [-0.39, 0.29) is 6.23 Å². The summed E-state index contributed by atoms with van der Waals surface area (Å²) in [6.07, 6.45) is 0.906. The molecule has 1 aliphatic rings. The zero-order chi connectivity index (χ0) is 9.26. The van der Waals surface area contributed by atoms with Crippen LogP contribution < -0.4 is 5.06 Å². The molecule has 1 heterocycles. The summed E-state index contributed by atoms with van der Waals surface area (Å²) in [7, 11) is 3.36. The van der Waals surface area contributed by atoms with Crippen LogP contribution in [0.25, 0.3) is 0 Å². The Hall–Kier alpha value is -1.06. The first kappa shape index (κ1) is 8.53. The van der Waals surface area contributed by atoms with Gasteiger partial charge in [-0.05, 0) is 11.6 Å². The highest BCUT2D eigenvalue weighted by atomic mass is 16.7. The Labute approximate surface area is 77.8 Å². The lowest BCUT2D eigenvalue weighted by molar-refractivity contribution is 0.0135. The second-order valence-corrected chi connectivity index (χ2v) is 3.03. The second-order valence-electron chi connectivity index (χ2n) is 3.03. The molecule has 0 aliphatic carbocycles. The molecule has 1 atom stereocenters. The maximum absolute atomic E-state index is 5.30. The topological polar surface area (TPSA) is 21.7 Å². The average Bonchev–Trinajstić information content (AvgIpc) is 2.55. The van der Waals surface area contributed by atoms with Crippen molar-refractivity contribution in [2.24, 2.45) is 0 Å². The van der Waals surface area contributed by atoms with E-state index in [1.165, 1.54) is 5.56 Å². The molecule has 0 N–H and O–H groups in total. The number of ether oxygens (including phenoxy) is 1. The van der Waals surface area contributed by atoms with Crippen LogP contribution in [0.1, 0.15) is 5.56 Å². The third-order valence-electron chi connectivity index (χ3n) is 2.35. The summed E-state index contributed by atoms with van der Waals surface area (Å²) in [6, 6.07) is 8.17. The van der Waals surface area contributed by atoms with Gasteiger partial charge in [0.05, 0.1) is 12.8 Å². The van der Waals surface area contributed by atoms with Crippen LogP contribution in [0.5, 0.6) is 0 Å². The number of benzene rings is 1. The smallest absolute Gasteiger partial charge is 0.158 e. The van der Waals surface area contributed by atoms with Crippen LogP contribution in [0.4, 0.5) is 5.69 Å². The molecule has 0 saturated heterocycles. The first-order valence-corrected chi connectivity index (χ1v) is 4.31. The highest BCUT2D eigenvalue weighted by molar-refractivity contribution is 5.56. The molecule has 1 aliphatic heterocycles. The van der Waals surface area contributed by atoms with Crippen molar-refractivity contribution in [2.45, 2.75) is 12.6 Å². The fraction of sp³-hybridized carbons (Fsp3) is 0.400. The van der Waals surface area contributed by atoms with Gasteiger partial charge in [0, 0.05) is 13.5 Å². The van der Waals surface area contributed by atoms with E-state index >= 15 is 0 Å². The Kier molecular flexibility index (Phi) is 2.20. The van der Waals surface area contributed by atoms with Crippen molar-refractivity contribution in [3.05, 3.63) is 29.8 Å². The summed E-state index contributed by atoms with van der Waals surface area (Å²) < 4.78 is 5.30. The van der Waals surface area contributed by atoms with Crippen LogP contribution in [0, 0.1) is 0 Å². The van der Waals surface area contributed by atoms with Gasteiger partial charge >= 0.3 is 0 Å². The van der Waals surface area contributed by atoms with Gasteiger partial charge in [-0.1, -0.05) is 18.2 Å². The Morgan fingerprint density at radius 3 is 2.77 bits per heavy atom. The van der Waals surface area contributed by atoms with E-state index in [1.807, 2.05) is 18.2 Å². The number of methoxy groups -OCH3 is 1. The summed E-state index contributed by atoms with van der Waals surface area (Å²) in [5, 5.41) is 1.80. The predicted molar refractivity (Wildman–Crippen MR) is 50.4 cm³/mol. The molecule has 1 aromatic rings. The quantitative estimate of drug-likeness (QED) is 0.688. The molecule has 3 heteroatoms. The molecule has 1 aromatic carbocycles. The van der Waals surface area contributed by atoms with Crippen molar-refractivity contribution < 1.29 is 9.57 Å². The summed E-state index contributed by atoms with van der Waals surface area (Å²) in [5.74, 6) is 0. The minimum atomic E-state index is 0.0161. The summed E-state index contributed by atoms with van der Waals surface area (Å²) in [5.41, 5.74) is 2.38. The number of rotatable bonds is 2. The molecule has 3 nitrogen and oxygen atoms in total. The lowest BCUT2D eigenvalue weighted by Gasteiger charge is -2.22. The number of para-hydroxylation sites is 1. The van der Waals surface area contributed by atoms with Gasteiger partial charge in [0.25, 0.3) is 0 Å². The van der Waals surface area contributed by atoms with E-state index in [0.29, 0.717) is 0 Å². The molecule has 1 unspecified atom stereocenters. The van der Waals surface area contributed by atoms with E-state index in [4.69, 9.17) is 9.57 Å². The first-order valence-electron chi connectivity index (χ1n) is 4.31. The van der Waals surface area contributed by atoms with Crippen LogP contribution in [0.3, 0.4) is 0 Å². The molecule has 0 amide bonds.